The van der Waals surface area contributed by atoms with Crippen molar-refractivity contribution >= 4 is 0 Å². The van der Waals surface area contributed by atoms with E-state index in [1.165, 1.54) is 32.1 Å². The summed E-state index contributed by atoms with van der Waals surface area (Å²) < 4.78 is 5.93. The molecule has 0 saturated carbocycles. The van der Waals surface area contributed by atoms with Gasteiger partial charge >= 0.3 is 0 Å². The third-order valence-corrected chi connectivity index (χ3v) is 2.86. The maximum atomic E-state index is 5.93. The van der Waals surface area contributed by atoms with Crippen LogP contribution in [0.25, 0.3) is 0 Å². The van der Waals surface area contributed by atoms with E-state index >= 15 is 0 Å². The van der Waals surface area contributed by atoms with Crippen molar-refractivity contribution < 1.29 is 4.74 Å². The van der Waals surface area contributed by atoms with Crippen LogP contribution in [-0.2, 0) is 4.74 Å². The molecule has 0 aliphatic carbocycles. The first-order chi connectivity index (χ1) is 6.27. The van der Waals surface area contributed by atoms with E-state index in [9.17, 15) is 0 Å². The molecule has 13 heavy (non-hydrogen) atoms. The van der Waals surface area contributed by atoms with Crippen molar-refractivity contribution in [2.24, 2.45) is 0 Å². The summed E-state index contributed by atoms with van der Waals surface area (Å²) >= 11 is 0. The summed E-state index contributed by atoms with van der Waals surface area (Å²) in [7, 11) is 0. The molecule has 0 bridgehead atoms. The van der Waals surface area contributed by atoms with Gasteiger partial charge in [-0.15, -0.1) is 0 Å². The first kappa shape index (κ1) is 11.0. The highest BCUT2D eigenvalue weighted by Gasteiger charge is 2.26. The van der Waals surface area contributed by atoms with Crippen LogP contribution in [0, 0.1) is 0 Å². The molecule has 1 N–H and O–H groups in total. The van der Waals surface area contributed by atoms with Crippen molar-refractivity contribution in [2.75, 3.05) is 19.7 Å². The molecule has 0 amide bonds. The molecule has 1 heterocycles. The first-order valence-corrected chi connectivity index (χ1v) is 5.61. The summed E-state index contributed by atoms with van der Waals surface area (Å²) in [5.41, 5.74) is 0.166. The third-order valence-electron chi connectivity index (χ3n) is 2.86. The first-order valence-electron chi connectivity index (χ1n) is 5.61. The van der Waals surface area contributed by atoms with Gasteiger partial charge in [-0.05, 0) is 39.3 Å². The van der Waals surface area contributed by atoms with Crippen LogP contribution in [0.3, 0.4) is 0 Å². The second-order valence-corrected chi connectivity index (χ2v) is 4.26. The molecule has 0 radical (unpaired) electrons. The summed E-state index contributed by atoms with van der Waals surface area (Å²) in [6.07, 6.45) is 6.13. The van der Waals surface area contributed by atoms with Crippen LogP contribution >= 0.6 is 0 Å². The number of unbranched alkanes of at least 4 members (excludes halogenated alkanes) is 2. The highest BCUT2D eigenvalue weighted by molar-refractivity contribution is 4.81. The van der Waals surface area contributed by atoms with E-state index in [0.717, 1.165) is 19.7 Å². The Balaban J connectivity index is 2.10. The minimum Gasteiger partial charge on any atom is -0.375 e. The van der Waals surface area contributed by atoms with E-state index in [1.54, 1.807) is 0 Å². The van der Waals surface area contributed by atoms with Crippen LogP contribution in [0.2, 0.25) is 0 Å². The molecule has 1 saturated heterocycles. The van der Waals surface area contributed by atoms with Gasteiger partial charge in [0.25, 0.3) is 0 Å². The minimum atomic E-state index is 0.166. The summed E-state index contributed by atoms with van der Waals surface area (Å²) in [6.45, 7) is 7.66. The van der Waals surface area contributed by atoms with Crippen LogP contribution in [-0.4, -0.2) is 25.3 Å². The van der Waals surface area contributed by atoms with Crippen molar-refractivity contribution in [3.63, 3.8) is 0 Å². The predicted molar refractivity (Wildman–Crippen MR) is 56.0 cm³/mol. The summed E-state index contributed by atoms with van der Waals surface area (Å²) in [5.74, 6) is 0. The third kappa shape index (κ3) is 4.10. The van der Waals surface area contributed by atoms with E-state index in [2.05, 4.69) is 19.2 Å². The fraction of sp³-hybridized carbons (Fsp3) is 1.00. The molecule has 78 valence electrons. The van der Waals surface area contributed by atoms with Crippen molar-refractivity contribution in [3.05, 3.63) is 0 Å². The van der Waals surface area contributed by atoms with E-state index in [1.807, 2.05) is 0 Å². The average Bonchev–Trinajstić information content (AvgIpc) is 2.14. The number of hydrogen-bond donors (Lipinski definition) is 1. The Morgan fingerprint density at radius 1 is 1.23 bits per heavy atom. The molecule has 1 fully saturated rings. The van der Waals surface area contributed by atoms with Crippen LogP contribution in [0.5, 0.6) is 0 Å². The molecule has 2 nitrogen and oxygen atoms in total. The van der Waals surface area contributed by atoms with E-state index in [-0.39, 0.29) is 5.60 Å². The van der Waals surface area contributed by atoms with E-state index in [4.69, 9.17) is 4.74 Å². The molecule has 0 aromatic rings. The van der Waals surface area contributed by atoms with Gasteiger partial charge in [-0.25, -0.2) is 0 Å². The average molecular weight is 185 g/mol. The van der Waals surface area contributed by atoms with E-state index in [0.29, 0.717) is 0 Å². The van der Waals surface area contributed by atoms with Crippen molar-refractivity contribution in [1.82, 2.24) is 5.32 Å². The number of hydrogen-bond acceptors (Lipinski definition) is 2. The zero-order valence-corrected chi connectivity index (χ0v) is 9.07. The molecule has 0 aromatic carbocycles. The molecule has 0 atom stereocenters. The Labute approximate surface area is 82.0 Å². The molecule has 0 unspecified atom stereocenters. The lowest BCUT2D eigenvalue weighted by molar-refractivity contribution is -0.0527. The molecular formula is C11H23NO. The number of ether oxygens (including phenoxy) is 1. The van der Waals surface area contributed by atoms with E-state index < -0.39 is 0 Å². The van der Waals surface area contributed by atoms with Gasteiger partial charge in [0.2, 0.25) is 0 Å². The van der Waals surface area contributed by atoms with Gasteiger partial charge in [0.1, 0.15) is 0 Å². The number of rotatable bonds is 5. The highest BCUT2D eigenvalue weighted by atomic mass is 16.5. The maximum Gasteiger partial charge on any atom is 0.0678 e. The Morgan fingerprint density at radius 2 is 1.92 bits per heavy atom. The number of nitrogens with one attached hydrogen (secondary N) is 1. The smallest absolute Gasteiger partial charge is 0.0678 e. The van der Waals surface area contributed by atoms with Gasteiger partial charge in [0.15, 0.2) is 0 Å². The van der Waals surface area contributed by atoms with Gasteiger partial charge in [0, 0.05) is 6.61 Å². The number of piperidine rings is 1. The maximum absolute atomic E-state index is 5.93. The Morgan fingerprint density at radius 3 is 2.54 bits per heavy atom. The Hall–Kier alpha value is -0.0800. The van der Waals surface area contributed by atoms with Crippen molar-refractivity contribution in [2.45, 2.75) is 51.6 Å². The molecule has 1 rings (SSSR count). The van der Waals surface area contributed by atoms with Gasteiger partial charge in [-0.2, -0.15) is 0 Å². The monoisotopic (exact) mass is 185 g/mol. The normalized spacial score (nSPS) is 21.7. The second-order valence-electron chi connectivity index (χ2n) is 4.26. The molecule has 1 aliphatic heterocycles. The standard InChI is InChI=1S/C11H23NO/c1-3-4-5-10-13-11(2)6-8-12-9-7-11/h12H,3-10H2,1-2H3. The van der Waals surface area contributed by atoms with Crippen LogP contribution in [0.1, 0.15) is 46.0 Å². The molecular weight excluding hydrogens is 162 g/mol. The molecule has 1 aliphatic rings. The Kier molecular flexibility index (Phi) is 4.74. The molecule has 2 heteroatoms. The van der Waals surface area contributed by atoms with Crippen LogP contribution in [0.15, 0.2) is 0 Å². The SMILES string of the molecule is CCCCCOC1(C)CCNCC1. The second kappa shape index (κ2) is 5.61. The summed E-state index contributed by atoms with van der Waals surface area (Å²) in [6, 6.07) is 0. The molecule has 0 spiro atoms. The van der Waals surface area contributed by atoms with Crippen molar-refractivity contribution in [3.8, 4) is 0 Å². The fourth-order valence-electron chi connectivity index (χ4n) is 1.77. The largest absolute Gasteiger partial charge is 0.375 e. The molecule has 0 aromatic heterocycles. The topological polar surface area (TPSA) is 21.3 Å². The van der Waals surface area contributed by atoms with Crippen LogP contribution < -0.4 is 5.32 Å². The van der Waals surface area contributed by atoms with Gasteiger partial charge < -0.3 is 10.1 Å². The zero-order valence-electron chi connectivity index (χ0n) is 9.07. The quantitative estimate of drug-likeness (QED) is 0.664. The lowest BCUT2D eigenvalue weighted by Crippen LogP contribution is -2.41. The van der Waals surface area contributed by atoms with Gasteiger partial charge in [-0.1, -0.05) is 19.8 Å². The minimum absolute atomic E-state index is 0.166. The summed E-state index contributed by atoms with van der Waals surface area (Å²) in [4.78, 5) is 0. The zero-order chi connectivity index (χ0) is 9.57. The van der Waals surface area contributed by atoms with Gasteiger partial charge in [-0.3, -0.25) is 0 Å². The lowest BCUT2D eigenvalue weighted by atomic mass is 9.94. The fourth-order valence-corrected chi connectivity index (χ4v) is 1.77. The lowest BCUT2D eigenvalue weighted by Gasteiger charge is -2.34. The van der Waals surface area contributed by atoms with Crippen LogP contribution in [0.4, 0.5) is 0 Å². The highest BCUT2D eigenvalue weighted by Crippen LogP contribution is 2.22. The van der Waals surface area contributed by atoms with Gasteiger partial charge in [0.05, 0.1) is 5.60 Å². The predicted octanol–water partition coefficient (Wildman–Crippen LogP) is 2.34. The Bertz CT molecular complexity index is 130. The summed E-state index contributed by atoms with van der Waals surface area (Å²) in [5, 5.41) is 3.36. The van der Waals surface area contributed by atoms with Crippen molar-refractivity contribution in [1.29, 1.82) is 0 Å².